The van der Waals surface area contributed by atoms with Crippen LogP contribution in [0.1, 0.15) is 27.2 Å². The van der Waals surface area contributed by atoms with Crippen LogP contribution >= 0.6 is 0 Å². The second-order valence-corrected chi connectivity index (χ2v) is 3.83. The average Bonchev–Trinajstić information content (AvgIpc) is 1.99. The Bertz CT molecular complexity index is 168. The quantitative estimate of drug-likeness (QED) is 0.649. The average molecular weight is 189 g/mol. The number of aliphatic carboxylic acids is 1. The van der Waals surface area contributed by atoms with Crippen LogP contribution in [0.2, 0.25) is 0 Å². The molecule has 3 N–H and O–H groups in total. The molecule has 0 aromatic carbocycles. The lowest BCUT2D eigenvalue weighted by Crippen LogP contribution is -2.42. The molecule has 0 bridgehead atoms. The van der Waals surface area contributed by atoms with E-state index in [0.29, 0.717) is 13.2 Å². The van der Waals surface area contributed by atoms with Crippen molar-refractivity contribution in [2.75, 3.05) is 13.2 Å². The number of carbonyl (C=O) groups is 1. The van der Waals surface area contributed by atoms with Gasteiger partial charge in [0, 0.05) is 18.1 Å². The fourth-order valence-electron chi connectivity index (χ4n) is 0.937. The lowest BCUT2D eigenvalue weighted by Gasteiger charge is -2.30. The topological polar surface area (TPSA) is 72.5 Å². The number of hydrogen-bond acceptors (Lipinski definition) is 3. The molecular formula is C9H19NO3. The summed E-state index contributed by atoms with van der Waals surface area (Å²) >= 11 is 0. The standard InChI is InChI=1S/C9H19NO3/c1-4-13-6-9(2,3)7(10)5-8(11)12/h7H,4-6,10H2,1-3H3,(H,11,12)/t7-/m0/s1. The first-order chi connectivity index (χ1) is 5.90. The third-order valence-corrected chi connectivity index (χ3v) is 2.08. The molecule has 4 nitrogen and oxygen atoms in total. The van der Waals surface area contributed by atoms with Gasteiger partial charge in [0.1, 0.15) is 0 Å². The minimum Gasteiger partial charge on any atom is -0.481 e. The molecule has 0 aromatic rings. The Morgan fingerprint density at radius 2 is 2.15 bits per heavy atom. The molecule has 0 aliphatic heterocycles. The van der Waals surface area contributed by atoms with Gasteiger partial charge in [-0.3, -0.25) is 4.79 Å². The van der Waals surface area contributed by atoms with Crippen LogP contribution in [0.4, 0.5) is 0 Å². The maximum Gasteiger partial charge on any atom is 0.304 e. The first-order valence-electron chi connectivity index (χ1n) is 4.45. The van der Waals surface area contributed by atoms with Gasteiger partial charge in [-0.15, -0.1) is 0 Å². The van der Waals surface area contributed by atoms with Gasteiger partial charge in [0.25, 0.3) is 0 Å². The highest BCUT2D eigenvalue weighted by molar-refractivity contribution is 5.67. The second kappa shape index (κ2) is 5.19. The Kier molecular flexibility index (Phi) is 4.95. The molecule has 0 saturated heterocycles. The molecule has 0 amide bonds. The third-order valence-electron chi connectivity index (χ3n) is 2.08. The molecule has 4 heteroatoms. The van der Waals surface area contributed by atoms with Crippen LogP contribution in [-0.4, -0.2) is 30.3 Å². The Morgan fingerprint density at radius 3 is 2.54 bits per heavy atom. The summed E-state index contributed by atoms with van der Waals surface area (Å²) in [5.41, 5.74) is 5.45. The first-order valence-corrected chi connectivity index (χ1v) is 4.45. The Morgan fingerprint density at radius 1 is 1.62 bits per heavy atom. The van der Waals surface area contributed by atoms with Crippen LogP contribution in [0.3, 0.4) is 0 Å². The number of ether oxygens (including phenoxy) is 1. The van der Waals surface area contributed by atoms with E-state index in [-0.39, 0.29) is 17.9 Å². The molecule has 0 heterocycles. The molecule has 0 unspecified atom stereocenters. The van der Waals surface area contributed by atoms with Gasteiger partial charge in [-0.1, -0.05) is 13.8 Å². The van der Waals surface area contributed by atoms with Gasteiger partial charge in [0.05, 0.1) is 13.0 Å². The molecule has 0 radical (unpaired) electrons. The van der Waals surface area contributed by atoms with Crippen LogP contribution in [0.15, 0.2) is 0 Å². The van der Waals surface area contributed by atoms with Gasteiger partial charge in [-0.25, -0.2) is 0 Å². The summed E-state index contributed by atoms with van der Waals surface area (Å²) in [6, 6.07) is -0.364. The highest BCUT2D eigenvalue weighted by atomic mass is 16.5. The fraction of sp³-hybridized carbons (Fsp3) is 0.889. The minimum atomic E-state index is -0.864. The van der Waals surface area contributed by atoms with Crippen molar-refractivity contribution in [2.24, 2.45) is 11.1 Å². The predicted octanol–water partition coefficient (Wildman–Crippen LogP) is 0.851. The van der Waals surface area contributed by atoms with Gasteiger partial charge in [0.2, 0.25) is 0 Å². The lowest BCUT2D eigenvalue weighted by molar-refractivity contribution is -0.138. The maximum atomic E-state index is 10.4. The van der Waals surface area contributed by atoms with Crippen LogP contribution in [0, 0.1) is 5.41 Å². The van der Waals surface area contributed by atoms with Gasteiger partial charge in [0.15, 0.2) is 0 Å². The Labute approximate surface area is 79.1 Å². The summed E-state index contributed by atoms with van der Waals surface area (Å²) in [5.74, 6) is -0.864. The monoisotopic (exact) mass is 189 g/mol. The molecule has 78 valence electrons. The molecule has 0 rings (SSSR count). The molecular weight excluding hydrogens is 170 g/mol. The van der Waals surface area contributed by atoms with E-state index in [1.54, 1.807) is 0 Å². The summed E-state index contributed by atoms with van der Waals surface area (Å²) in [5, 5.41) is 8.55. The Hall–Kier alpha value is -0.610. The van der Waals surface area contributed by atoms with Crippen LogP contribution in [0.5, 0.6) is 0 Å². The van der Waals surface area contributed by atoms with Crippen LogP contribution < -0.4 is 5.73 Å². The van der Waals surface area contributed by atoms with Crippen molar-refractivity contribution in [3.05, 3.63) is 0 Å². The maximum absolute atomic E-state index is 10.4. The summed E-state index contributed by atoms with van der Waals surface area (Å²) in [6.45, 7) is 6.85. The van der Waals surface area contributed by atoms with Crippen molar-refractivity contribution in [1.82, 2.24) is 0 Å². The van der Waals surface area contributed by atoms with Crippen LogP contribution in [0.25, 0.3) is 0 Å². The van der Waals surface area contributed by atoms with Gasteiger partial charge >= 0.3 is 5.97 Å². The molecule has 0 fully saturated rings. The van der Waals surface area contributed by atoms with Crippen molar-refractivity contribution in [3.8, 4) is 0 Å². The number of nitrogens with two attached hydrogens (primary N) is 1. The van der Waals surface area contributed by atoms with Gasteiger partial charge in [-0.05, 0) is 6.92 Å². The fourth-order valence-corrected chi connectivity index (χ4v) is 0.937. The molecule has 0 saturated carbocycles. The number of carboxylic acids is 1. The highest BCUT2D eigenvalue weighted by Crippen LogP contribution is 2.21. The van der Waals surface area contributed by atoms with E-state index >= 15 is 0 Å². The SMILES string of the molecule is CCOCC(C)(C)[C@@H](N)CC(=O)O. The number of hydrogen-bond donors (Lipinski definition) is 2. The molecule has 13 heavy (non-hydrogen) atoms. The zero-order chi connectivity index (χ0) is 10.5. The van der Waals surface area contributed by atoms with E-state index in [0.717, 1.165) is 0 Å². The third kappa shape index (κ3) is 4.85. The van der Waals surface area contributed by atoms with Crippen molar-refractivity contribution in [3.63, 3.8) is 0 Å². The molecule has 1 atom stereocenters. The predicted molar refractivity (Wildman–Crippen MR) is 50.5 cm³/mol. The molecule has 0 aromatic heterocycles. The van der Waals surface area contributed by atoms with Gasteiger partial charge in [-0.2, -0.15) is 0 Å². The first kappa shape index (κ1) is 12.4. The van der Waals surface area contributed by atoms with Crippen molar-refractivity contribution >= 4 is 5.97 Å². The summed E-state index contributed by atoms with van der Waals surface area (Å²) in [7, 11) is 0. The van der Waals surface area contributed by atoms with E-state index in [1.165, 1.54) is 0 Å². The largest absolute Gasteiger partial charge is 0.481 e. The summed E-state index contributed by atoms with van der Waals surface area (Å²) < 4.78 is 5.23. The Balaban J connectivity index is 4.01. The van der Waals surface area contributed by atoms with E-state index in [9.17, 15) is 4.79 Å². The van der Waals surface area contributed by atoms with Gasteiger partial charge < -0.3 is 15.6 Å². The molecule has 0 spiro atoms. The van der Waals surface area contributed by atoms with Crippen molar-refractivity contribution in [1.29, 1.82) is 0 Å². The minimum absolute atomic E-state index is 0.0138. The zero-order valence-electron chi connectivity index (χ0n) is 8.54. The normalized spacial score (nSPS) is 14.2. The van der Waals surface area contributed by atoms with Crippen molar-refractivity contribution < 1.29 is 14.6 Å². The molecule has 0 aliphatic carbocycles. The number of rotatable bonds is 6. The van der Waals surface area contributed by atoms with Crippen LogP contribution in [-0.2, 0) is 9.53 Å². The smallest absolute Gasteiger partial charge is 0.304 e. The molecule has 0 aliphatic rings. The zero-order valence-corrected chi connectivity index (χ0v) is 8.54. The van der Waals surface area contributed by atoms with E-state index in [2.05, 4.69) is 0 Å². The highest BCUT2D eigenvalue weighted by Gasteiger charge is 2.28. The van der Waals surface area contributed by atoms with E-state index < -0.39 is 5.97 Å². The van der Waals surface area contributed by atoms with Crippen molar-refractivity contribution in [2.45, 2.75) is 33.2 Å². The summed E-state index contributed by atoms with van der Waals surface area (Å²) in [6.07, 6.45) is -0.0138. The van der Waals surface area contributed by atoms with E-state index in [4.69, 9.17) is 15.6 Å². The number of carboxylic acid groups (broad SMARTS) is 1. The lowest BCUT2D eigenvalue weighted by atomic mass is 9.84. The second-order valence-electron chi connectivity index (χ2n) is 3.83. The van der Waals surface area contributed by atoms with E-state index in [1.807, 2.05) is 20.8 Å². The summed E-state index contributed by atoms with van der Waals surface area (Å²) in [4.78, 5) is 10.4.